The SMILES string of the molecule is CCCn1c(-c2ccc3[nH]c(-c4ccc(OC)cc4)nc3c2C)c(C2CCCCC2)c2ccc(C(=O)O)cc21. The number of carboxylic acid groups (broad SMARTS) is 1. The fourth-order valence-corrected chi connectivity index (χ4v) is 6.41. The molecule has 0 aliphatic heterocycles. The van der Waals surface area contributed by atoms with Crippen molar-refractivity contribution in [3.05, 3.63) is 71.3 Å². The number of aryl methyl sites for hydroxylation is 2. The molecule has 2 aromatic heterocycles. The number of benzene rings is 3. The summed E-state index contributed by atoms with van der Waals surface area (Å²) in [6.07, 6.45) is 7.06. The van der Waals surface area contributed by atoms with E-state index >= 15 is 0 Å². The highest BCUT2D eigenvalue weighted by Gasteiger charge is 2.28. The molecule has 0 radical (unpaired) electrons. The van der Waals surface area contributed by atoms with Gasteiger partial charge in [-0.2, -0.15) is 0 Å². The molecule has 0 bridgehead atoms. The fourth-order valence-electron chi connectivity index (χ4n) is 6.41. The number of aromatic amines is 1. The van der Waals surface area contributed by atoms with E-state index < -0.39 is 5.97 Å². The van der Waals surface area contributed by atoms with E-state index in [1.807, 2.05) is 36.4 Å². The molecule has 1 aliphatic carbocycles. The van der Waals surface area contributed by atoms with Crippen LogP contribution in [0.15, 0.2) is 54.6 Å². The molecule has 0 spiro atoms. The third-order valence-corrected chi connectivity index (χ3v) is 8.34. The highest BCUT2D eigenvalue weighted by molar-refractivity contribution is 5.99. The first-order chi connectivity index (χ1) is 19.0. The molecule has 1 aliphatic rings. The highest BCUT2D eigenvalue weighted by Crippen LogP contribution is 2.46. The summed E-state index contributed by atoms with van der Waals surface area (Å²) < 4.78 is 7.69. The molecule has 0 amide bonds. The minimum atomic E-state index is -0.887. The van der Waals surface area contributed by atoms with Crippen LogP contribution in [-0.4, -0.2) is 32.7 Å². The van der Waals surface area contributed by atoms with E-state index in [9.17, 15) is 9.90 Å². The molecular weight excluding hydrogens is 486 g/mol. The molecule has 6 heteroatoms. The predicted molar refractivity (Wildman–Crippen MR) is 157 cm³/mol. The topological polar surface area (TPSA) is 80.1 Å². The summed E-state index contributed by atoms with van der Waals surface area (Å²) in [4.78, 5) is 20.5. The van der Waals surface area contributed by atoms with Gasteiger partial charge in [-0.1, -0.05) is 38.3 Å². The molecule has 1 saturated carbocycles. The van der Waals surface area contributed by atoms with Crippen molar-refractivity contribution in [3.8, 4) is 28.4 Å². The average Bonchev–Trinajstić information content (AvgIpc) is 3.54. The molecule has 0 atom stereocenters. The number of carbonyl (C=O) groups is 1. The first-order valence-corrected chi connectivity index (χ1v) is 14.0. The third kappa shape index (κ3) is 4.38. The number of rotatable bonds is 7. The van der Waals surface area contributed by atoms with Crippen LogP contribution in [0.5, 0.6) is 5.75 Å². The number of imidazole rings is 1. The standard InChI is InChI=1S/C33H35N3O3/c1-4-18-36-28-19-23(33(37)38)12-15-26(28)29(21-8-6-5-7-9-21)31(36)25-16-17-27-30(20(25)2)35-32(34-27)22-10-13-24(39-3)14-11-22/h10-17,19,21H,4-9,18H2,1-3H3,(H,34,35)(H,37,38). The van der Waals surface area contributed by atoms with Crippen molar-refractivity contribution in [2.24, 2.45) is 0 Å². The minimum Gasteiger partial charge on any atom is -0.497 e. The van der Waals surface area contributed by atoms with Crippen LogP contribution in [0.1, 0.15) is 72.9 Å². The first-order valence-electron chi connectivity index (χ1n) is 14.0. The molecule has 6 nitrogen and oxygen atoms in total. The van der Waals surface area contributed by atoms with Crippen molar-refractivity contribution in [2.45, 2.75) is 64.8 Å². The summed E-state index contributed by atoms with van der Waals surface area (Å²) in [6.45, 7) is 5.18. The lowest BCUT2D eigenvalue weighted by Crippen LogP contribution is -2.08. The van der Waals surface area contributed by atoms with E-state index in [0.29, 0.717) is 11.5 Å². The van der Waals surface area contributed by atoms with Gasteiger partial charge in [-0.15, -0.1) is 0 Å². The number of H-pyrrole nitrogens is 1. The van der Waals surface area contributed by atoms with Gasteiger partial charge < -0.3 is 19.4 Å². The Morgan fingerprint density at radius 2 is 1.85 bits per heavy atom. The summed E-state index contributed by atoms with van der Waals surface area (Å²) in [7, 11) is 1.67. The zero-order valence-corrected chi connectivity index (χ0v) is 22.9. The Morgan fingerprint density at radius 3 is 2.54 bits per heavy atom. The monoisotopic (exact) mass is 521 g/mol. The average molecular weight is 522 g/mol. The van der Waals surface area contributed by atoms with Gasteiger partial charge in [0.15, 0.2) is 0 Å². The molecule has 2 N–H and O–H groups in total. The van der Waals surface area contributed by atoms with Crippen LogP contribution in [0.2, 0.25) is 0 Å². The number of ether oxygens (including phenoxy) is 1. The zero-order chi connectivity index (χ0) is 27.1. The Hall–Kier alpha value is -4.06. The molecular formula is C33H35N3O3. The normalized spacial score (nSPS) is 14.3. The van der Waals surface area contributed by atoms with E-state index in [2.05, 4.69) is 35.5 Å². The fraction of sp³-hybridized carbons (Fsp3) is 0.333. The van der Waals surface area contributed by atoms with Crippen LogP contribution in [0.4, 0.5) is 0 Å². The summed E-state index contributed by atoms with van der Waals surface area (Å²) in [6, 6.07) is 18.0. The Labute approximate surface area is 228 Å². The van der Waals surface area contributed by atoms with Gasteiger partial charge in [0.25, 0.3) is 0 Å². The van der Waals surface area contributed by atoms with E-state index in [-0.39, 0.29) is 0 Å². The van der Waals surface area contributed by atoms with E-state index in [1.54, 1.807) is 13.2 Å². The van der Waals surface area contributed by atoms with Crippen LogP contribution in [0.25, 0.3) is 44.6 Å². The van der Waals surface area contributed by atoms with E-state index in [4.69, 9.17) is 9.72 Å². The van der Waals surface area contributed by atoms with Crippen LogP contribution < -0.4 is 4.74 Å². The maximum Gasteiger partial charge on any atom is 0.335 e. The number of methoxy groups -OCH3 is 1. The second-order valence-corrected chi connectivity index (χ2v) is 10.7. The maximum absolute atomic E-state index is 11.9. The number of nitrogens with zero attached hydrogens (tertiary/aromatic N) is 2. The Kier molecular flexibility index (Phi) is 6.63. The Morgan fingerprint density at radius 1 is 1.08 bits per heavy atom. The van der Waals surface area contributed by atoms with Gasteiger partial charge in [0.05, 0.1) is 29.4 Å². The quantitative estimate of drug-likeness (QED) is 0.226. The second-order valence-electron chi connectivity index (χ2n) is 10.7. The predicted octanol–water partition coefficient (Wildman–Crippen LogP) is 8.32. The lowest BCUT2D eigenvalue weighted by Gasteiger charge is -2.24. The smallest absolute Gasteiger partial charge is 0.335 e. The van der Waals surface area contributed by atoms with E-state index in [1.165, 1.54) is 54.3 Å². The van der Waals surface area contributed by atoms with Gasteiger partial charge in [-0.25, -0.2) is 9.78 Å². The molecule has 1 fully saturated rings. The number of fused-ring (bicyclic) bond motifs is 2. The Balaban J connectivity index is 1.58. The van der Waals surface area contributed by atoms with Crippen molar-refractivity contribution in [1.29, 1.82) is 0 Å². The van der Waals surface area contributed by atoms with Gasteiger partial charge in [-0.05, 0) is 85.7 Å². The molecule has 0 unspecified atom stereocenters. The van der Waals surface area contributed by atoms with Crippen LogP contribution in [-0.2, 0) is 6.54 Å². The lowest BCUT2D eigenvalue weighted by atomic mass is 9.81. The largest absolute Gasteiger partial charge is 0.497 e. The molecule has 5 aromatic rings. The number of carboxylic acids is 1. The molecule has 39 heavy (non-hydrogen) atoms. The summed E-state index contributed by atoms with van der Waals surface area (Å²) >= 11 is 0. The van der Waals surface area contributed by atoms with Gasteiger partial charge in [0.1, 0.15) is 11.6 Å². The molecule has 3 aromatic carbocycles. The van der Waals surface area contributed by atoms with E-state index in [0.717, 1.165) is 52.2 Å². The van der Waals surface area contributed by atoms with Gasteiger partial charge in [0, 0.05) is 28.6 Å². The summed E-state index contributed by atoms with van der Waals surface area (Å²) in [5, 5.41) is 11.0. The van der Waals surface area contributed by atoms with Crippen molar-refractivity contribution in [1.82, 2.24) is 14.5 Å². The number of aromatic carboxylic acids is 1. The summed E-state index contributed by atoms with van der Waals surface area (Å²) in [5.74, 6) is 1.23. The second kappa shape index (κ2) is 10.3. The number of hydrogen-bond donors (Lipinski definition) is 2. The van der Waals surface area contributed by atoms with Gasteiger partial charge >= 0.3 is 5.97 Å². The van der Waals surface area contributed by atoms with Crippen molar-refractivity contribution >= 4 is 27.9 Å². The maximum atomic E-state index is 11.9. The molecule has 0 saturated heterocycles. The molecule has 2 heterocycles. The van der Waals surface area contributed by atoms with Crippen molar-refractivity contribution in [3.63, 3.8) is 0 Å². The number of aromatic nitrogens is 3. The van der Waals surface area contributed by atoms with Crippen LogP contribution in [0, 0.1) is 6.92 Å². The van der Waals surface area contributed by atoms with Gasteiger partial charge in [-0.3, -0.25) is 0 Å². The lowest BCUT2D eigenvalue weighted by molar-refractivity contribution is 0.0697. The van der Waals surface area contributed by atoms with Gasteiger partial charge in [0.2, 0.25) is 0 Å². The van der Waals surface area contributed by atoms with Crippen molar-refractivity contribution < 1.29 is 14.6 Å². The summed E-state index contributed by atoms with van der Waals surface area (Å²) in [5.41, 5.74) is 9.27. The first kappa shape index (κ1) is 25.2. The number of hydrogen-bond acceptors (Lipinski definition) is 3. The van der Waals surface area contributed by atoms with Crippen LogP contribution >= 0.6 is 0 Å². The number of nitrogens with one attached hydrogen (secondary N) is 1. The highest BCUT2D eigenvalue weighted by atomic mass is 16.5. The molecule has 200 valence electrons. The van der Waals surface area contributed by atoms with Crippen molar-refractivity contribution in [2.75, 3.05) is 7.11 Å². The molecule has 6 rings (SSSR count). The van der Waals surface area contributed by atoms with Crippen LogP contribution in [0.3, 0.4) is 0 Å². The Bertz CT molecular complexity index is 1670. The zero-order valence-electron chi connectivity index (χ0n) is 22.9. The minimum absolute atomic E-state index is 0.336. The third-order valence-electron chi connectivity index (χ3n) is 8.34.